The number of para-hydroxylation sites is 1. The van der Waals surface area contributed by atoms with Crippen LogP contribution in [0.3, 0.4) is 0 Å². The van der Waals surface area contributed by atoms with Crippen molar-refractivity contribution in [3.05, 3.63) is 46.9 Å². The highest BCUT2D eigenvalue weighted by molar-refractivity contribution is 8.00. The summed E-state index contributed by atoms with van der Waals surface area (Å²) in [5.41, 5.74) is 6.29. The van der Waals surface area contributed by atoms with Crippen LogP contribution in [0.4, 0.5) is 23.2 Å². The molecule has 2 atom stereocenters. The van der Waals surface area contributed by atoms with Crippen molar-refractivity contribution in [2.75, 3.05) is 17.2 Å². The van der Waals surface area contributed by atoms with Crippen LogP contribution in [0.15, 0.2) is 41.1 Å². The predicted octanol–water partition coefficient (Wildman–Crippen LogP) is 1.41. The van der Waals surface area contributed by atoms with Gasteiger partial charge in [0, 0.05) is 17.9 Å². The molecule has 4 rings (SSSR count). The number of aliphatic carboxylic acids is 2. The van der Waals surface area contributed by atoms with E-state index in [-0.39, 0.29) is 17.9 Å². The summed E-state index contributed by atoms with van der Waals surface area (Å²) in [6.07, 6.45) is -3.31. The normalized spacial score (nSPS) is 23.1. The molecule has 0 aromatic heterocycles. The Morgan fingerprint density at radius 2 is 1.83 bits per heavy atom. The van der Waals surface area contributed by atoms with Gasteiger partial charge in [-0.15, -0.1) is 11.8 Å². The lowest BCUT2D eigenvalue weighted by atomic mass is 10.0. The topological polar surface area (TPSA) is 161 Å². The van der Waals surface area contributed by atoms with Crippen molar-refractivity contribution >= 4 is 41.2 Å². The zero-order chi connectivity index (χ0) is 26.2. The van der Waals surface area contributed by atoms with Gasteiger partial charge >= 0.3 is 18.1 Å². The number of fused-ring (bicyclic) bond motifs is 1. The molecular weight excluding hydrogens is 502 g/mol. The number of nitrogens with zero attached hydrogens (tertiary/aromatic N) is 2. The number of halogens is 4. The molecule has 0 aliphatic carbocycles. The smallest absolute Gasteiger partial charge is 0.490 e. The van der Waals surface area contributed by atoms with Crippen molar-refractivity contribution in [3.8, 4) is 5.75 Å². The summed E-state index contributed by atoms with van der Waals surface area (Å²) in [5, 5.41) is 26.2. The number of hydrogen-bond acceptors (Lipinski definition) is 7. The zero-order valence-corrected chi connectivity index (χ0v) is 18.3. The number of carboxylic acids is 2. The number of phenols is 1. The molecule has 3 aliphatic rings. The Kier molecular flexibility index (Phi) is 7.12. The largest absolute Gasteiger partial charge is 0.503 e. The van der Waals surface area contributed by atoms with Gasteiger partial charge in [0.05, 0.1) is 5.69 Å². The number of benzene rings is 1. The molecule has 0 unspecified atom stereocenters. The maximum absolute atomic E-state index is 13.6. The van der Waals surface area contributed by atoms with E-state index in [1.165, 1.54) is 34.9 Å². The number of allylic oxidation sites excluding steroid dienone is 1. The lowest BCUT2D eigenvalue weighted by Crippen LogP contribution is -2.68. The van der Waals surface area contributed by atoms with Gasteiger partial charge in [0.1, 0.15) is 17.1 Å². The number of nitrogens with two attached hydrogens (primary N) is 1. The first-order valence-electron chi connectivity index (χ1n) is 9.72. The van der Waals surface area contributed by atoms with Crippen molar-refractivity contribution in [1.29, 1.82) is 0 Å². The molecule has 10 nitrogen and oxygen atoms in total. The Morgan fingerprint density at radius 1 is 1.20 bits per heavy atom. The third-order valence-corrected chi connectivity index (χ3v) is 6.54. The van der Waals surface area contributed by atoms with Gasteiger partial charge in [-0.25, -0.2) is 14.0 Å². The Morgan fingerprint density at radius 3 is 2.40 bits per heavy atom. The van der Waals surface area contributed by atoms with E-state index in [2.05, 4.69) is 0 Å². The molecule has 0 bridgehead atoms. The molecule has 2 amide bonds. The molecule has 3 aliphatic heterocycles. The number of alkyl halides is 3. The number of amides is 2. The summed E-state index contributed by atoms with van der Waals surface area (Å²) < 4.78 is 45.3. The number of phenolic OH excluding ortho intramolecular Hbond substituents is 1. The predicted molar refractivity (Wildman–Crippen MR) is 113 cm³/mol. The summed E-state index contributed by atoms with van der Waals surface area (Å²) in [7, 11) is 0. The van der Waals surface area contributed by atoms with Crippen LogP contribution in [0, 0.1) is 5.82 Å². The highest BCUT2D eigenvalue weighted by atomic mass is 32.2. The summed E-state index contributed by atoms with van der Waals surface area (Å²) in [5.74, 6) is -6.08. The molecule has 0 spiro atoms. The van der Waals surface area contributed by atoms with E-state index < -0.39 is 52.9 Å². The SMILES string of the molecule is N[C@@H]1C(=O)N2C(C(=O)O)=C(/C=C3\CCN(c4cccc(F)c4O)C3=O)CS[C@H]12.O=C(O)C(F)(F)F. The molecule has 5 N–H and O–H groups in total. The number of rotatable bonds is 3. The maximum atomic E-state index is 13.6. The van der Waals surface area contributed by atoms with Gasteiger partial charge in [0.15, 0.2) is 11.6 Å². The molecule has 0 radical (unpaired) electrons. The minimum absolute atomic E-state index is 0.0582. The van der Waals surface area contributed by atoms with Crippen LogP contribution >= 0.6 is 11.8 Å². The quantitative estimate of drug-likeness (QED) is 0.263. The van der Waals surface area contributed by atoms with Crippen LogP contribution in [-0.2, 0) is 19.2 Å². The van der Waals surface area contributed by atoms with Gasteiger partial charge in [-0.1, -0.05) is 6.07 Å². The van der Waals surface area contributed by atoms with Crippen LogP contribution in [0.2, 0.25) is 0 Å². The number of carbonyl (C=O) groups is 4. The molecule has 0 saturated carbocycles. The fourth-order valence-corrected chi connectivity index (χ4v) is 4.81. The number of anilines is 1. The molecule has 35 heavy (non-hydrogen) atoms. The van der Waals surface area contributed by atoms with Gasteiger partial charge in [-0.2, -0.15) is 13.2 Å². The van der Waals surface area contributed by atoms with Gasteiger partial charge in [-0.3, -0.25) is 14.5 Å². The second kappa shape index (κ2) is 9.58. The van der Waals surface area contributed by atoms with Gasteiger partial charge in [0.25, 0.3) is 5.91 Å². The van der Waals surface area contributed by atoms with E-state index in [0.717, 1.165) is 11.0 Å². The fraction of sp³-hybridized carbons (Fsp3) is 0.300. The summed E-state index contributed by atoms with van der Waals surface area (Å²) in [6.45, 7) is 0.223. The first kappa shape index (κ1) is 26.0. The lowest BCUT2D eigenvalue weighted by molar-refractivity contribution is -0.192. The molecule has 188 valence electrons. The lowest BCUT2D eigenvalue weighted by Gasteiger charge is -2.47. The van der Waals surface area contributed by atoms with Crippen molar-refractivity contribution < 1.29 is 52.1 Å². The van der Waals surface area contributed by atoms with Gasteiger partial charge < -0.3 is 26.0 Å². The van der Waals surface area contributed by atoms with Crippen molar-refractivity contribution in [2.45, 2.75) is 24.0 Å². The minimum atomic E-state index is -5.08. The number of carbonyl (C=O) groups excluding carboxylic acids is 2. The molecule has 3 heterocycles. The Hall–Kier alpha value is -3.59. The molecule has 2 saturated heterocycles. The zero-order valence-electron chi connectivity index (χ0n) is 17.5. The second-order valence-corrected chi connectivity index (χ2v) is 8.51. The Balaban J connectivity index is 0.000000429. The number of thioether (sulfide) groups is 1. The standard InChI is InChI=1S/C18H16FN3O5S.C2HF3O2/c19-10-2-1-3-11(14(10)23)21-5-4-8(15(21)24)6-9-7-28-17-12(20)16(25)22(17)13(9)18(26)27;3-2(4,5)1(6)7/h1-3,6,12,17,23H,4-5,7,20H2,(H,26,27);(H,6,7)/b8-6+;/t12-,17-;/m1./s1. The highest BCUT2D eigenvalue weighted by Gasteiger charge is 2.51. The van der Waals surface area contributed by atoms with Gasteiger partial charge in [-0.05, 0) is 30.2 Å². The van der Waals surface area contributed by atoms with Crippen LogP contribution in [-0.4, -0.2) is 73.9 Å². The number of carboxylic acid groups (broad SMARTS) is 2. The average molecular weight is 519 g/mol. The van der Waals surface area contributed by atoms with E-state index >= 15 is 0 Å². The first-order valence-corrected chi connectivity index (χ1v) is 10.8. The first-order chi connectivity index (χ1) is 16.3. The van der Waals surface area contributed by atoms with Crippen LogP contribution < -0.4 is 10.6 Å². The number of hydrogen-bond donors (Lipinski definition) is 4. The van der Waals surface area contributed by atoms with Gasteiger partial charge in [0.2, 0.25) is 5.91 Å². The third-order valence-electron chi connectivity index (χ3n) is 5.21. The van der Waals surface area contributed by atoms with Crippen molar-refractivity contribution in [1.82, 2.24) is 4.90 Å². The van der Waals surface area contributed by atoms with E-state index in [9.17, 15) is 42.2 Å². The Bertz CT molecular complexity index is 1170. The fourth-order valence-electron chi connectivity index (χ4n) is 3.56. The van der Waals surface area contributed by atoms with E-state index in [0.29, 0.717) is 23.3 Å². The van der Waals surface area contributed by atoms with E-state index in [4.69, 9.17) is 15.6 Å². The third kappa shape index (κ3) is 4.95. The maximum Gasteiger partial charge on any atom is 0.490 e. The van der Waals surface area contributed by atoms with Crippen molar-refractivity contribution in [2.24, 2.45) is 5.73 Å². The number of aromatic hydroxyl groups is 1. The van der Waals surface area contributed by atoms with E-state index in [1.54, 1.807) is 0 Å². The monoisotopic (exact) mass is 519 g/mol. The summed E-state index contributed by atoms with van der Waals surface area (Å²) in [4.78, 5) is 47.8. The molecule has 2 fully saturated rings. The van der Waals surface area contributed by atoms with Crippen LogP contribution in [0.1, 0.15) is 6.42 Å². The van der Waals surface area contributed by atoms with Crippen LogP contribution in [0.5, 0.6) is 5.75 Å². The highest BCUT2D eigenvalue weighted by Crippen LogP contribution is 2.41. The second-order valence-electron chi connectivity index (χ2n) is 7.40. The average Bonchev–Trinajstić information content (AvgIpc) is 3.14. The summed E-state index contributed by atoms with van der Waals surface area (Å²) >= 11 is 1.34. The molecule has 1 aromatic carbocycles. The summed E-state index contributed by atoms with van der Waals surface area (Å²) in [6, 6.07) is 3.18. The molecule has 1 aromatic rings. The number of β-lactam (4-membered cyclic amide) rings is 1. The molecule has 15 heteroatoms. The minimum Gasteiger partial charge on any atom is -0.503 e. The Labute approximate surface area is 198 Å². The molecular formula is C20H17F4N3O7S. The van der Waals surface area contributed by atoms with Crippen LogP contribution in [0.25, 0.3) is 0 Å². The van der Waals surface area contributed by atoms with Crippen molar-refractivity contribution in [3.63, 3.8) is 0 Å². The van der Waals surface area contributed by atoms with E-state index in [1.807, 2.05) is 0 Å².